The van der Waals surface area contributed by atoms with Gasteiger partial charge in [-0.05, 0) is 24.1 Å². The first kappa shape index (κ1) is 10.3. The van der Waals surface area contributed by atoms with Crippen LogP contribution in [0.15, 0.2) is 18.2 Å². The summed E-state index contributed by atoms with van der Waals surface area (Å²) in [7, 11) is 0. The van der Waals surface area contributed by atoms with Gasteiger partial charge in [0.2, 0.25) is 0 Å². The quantitative estimate of drug-likeness (QED) is 0.515. The molecule has 5 nitrogen and oxygen atoms in total. The summed E-state index contributed by atoms with van der Waals surface area (Å²) >= 11 is 0. The zero-order valence-corrected chi connectivity index (χ0v) is 7.34. The average Bonchev–Trinajstić information content (AvgIpc) is 2.11. The van der Waals surface area contributed by atoms with Gasteiger partial charge in [-0.1, -0.05) is 6.07 Å². The normalized spacial score (nSPS) is 12.4. The van der Waals surface area contributed by atoms with Crippen molar-refractivity contribution in [1.82, 2.24) is 0 Å². The molecule has 1 aromatic rings. The van der Waals surface area contributed by atoms with Crippen LogP contribution in [-0.2, 0) is 11.2 Å². The second-order valence-electron chi connectivity index (χ2n) is 2.97. The molecule has 1 rings (SSSR count). The highest BCUT2D eigenvalue weighted by molar-refractivity contribution is 5.73. The third-order valence-corrected chi connectivity index (χ3v) is 1.81. The third-order valence-electron chi connectivity index (χ3n) is 1.81. The lowest BCUT2D eigenvalue weighted by molar-refractivity contribution is -0.138. The monoisotopic (exact) mass is 199 g/mol. The molecule has 0 heterocycles. The molecule has 0 aliphatic rings. The highest BCUT2D eigenvalue weighted by Crippen LogP contribution is 2.25. The largest absolute Gasteiger partial charge is 0.504 e. The Morgan fingerprint density at radius 2 is 2.21 bits per heavy atom. The maximum absolute atomic E-state index is 10.4. The molecule has 5 N–H and O–H groups in total. The molecular formula is C9H11NO4. The van der Waals surface area contributed by atoms with E-state index in [1.54, 1.807) is 0 Å². The first-order chi connectivity index (χ1) is 6.50. The lowest BCUT2D eigenvalue weighted by atomic mass is 10.1. The Bertz CT molecular complexity index is 351. The maximum atomic E-state index is 10.4. The maximum Gasteiger partial charge on any atom is 0.320 e. The lowest BCUT2D eigenvalue weighted by Crippen LogP contribution is -2.32. The standard InChI is InChI=1S/C9H11NO4/c10-6(9(13)14)3-5-1-2-7(11)8(12)4-5/h1-2,4,6,11-12H,3,10H2,(H,13,14)/t6-/m0/s1/i8+2. The van der Waals surface area contributed by atoms with E-state index in [4.69, 9.17) is 21.1 Å². The van der Waals surface area contributed by atoms with Gasteiger partial charge in [0.05, 0.1) is 0 Å². The van der Waals surface area contributed by atoms with Crippen LogP contribution in [0, 0.1) is 0 Å². The van der Waals surface area contributed by atoms with Gasteiger partial charge in [0.25, 0.3) is 0 Å². The molecule has 14 heavy (non-hydrogen) atoms. The molecule has 5 heteroatoms. The molecule has 0 spiro atoms. The second-order valence-corrected chi connectivity index (χ2v) is 2.97. The Morgan fingerprint density at radius 3 is 2.71 bits per heavy atom. The van der Waals surface area contributed by atoms with E-state index >= 15 is 0 Å². The van der Waals surface area contributed by atoms with Crippen molar-refractivity contribution in [2.75, 3.05) is 0 Å². The SMILES string of the molecule is N[C@@H](Cc1ccc(O)[14c](O)c1)C(=O)O. The molecule has 0 radical (unpaired) electrons. The summed E-state index contributed by atoms with van der Waals surface area (Å²) < 4.78 is 0. The molecular weight excluding hydrogens is 188 g/mol. The Hall–Kier alpha value is -1.75. The van der Waals surface area contributed by atoms with Crippen molar-refractivity contribution in [1.29, 1.82) is 0 Å². The number of aliphatic carboxylic acids is 1. The fourth-order valence-electron chi connectivity index (χ4n) is 1.04. The van der Waals surface area contributed by atoms with E-state index in [-0.39, 0.29) is 17.9 Å². The highest BCUT2D eigenvalue weighted by atomic mass is 16.5. The Morgan fingerprint density at radius 1 is 1.57 bits per heavy atom. The first-order valence-corrected chi connectivity index (χ1v) is 4.00. The number of phenols is 2. The van der Waals surface area contributed by atoms with Crippen LogP contribution in [0.1, 0.15) is 5.56 Å². The van der Waals surface area contributed by atoms with Gasteiger partial charge in [-0.25, -0.2) is 0 Å². The van der Waals surface area contributed by atoms with Crippen molar-refractivity contribution < 1.29 is 20.1 Å². The van der Waals surface area contributed by atoms with E-state index in [0.29, 0.717) is 5.56 Å². The van der Waals surface area contributed by atoms with Crippen LogP contribution in [0.25, 0.3) is 0 Å². The minimum Gasteiger partial charge on any atom is -0.504 e. The summed E-state index contributed by atoms with van der Waals surface area (Å²) in [4.78, 5) is 10.4. The average molecular weight is 199 g/mol. The zero-order valence-electron chi connectivity index (χ0n) is 7.34. The van der Waals surface area contributed by atoms with Crippen LogP contribution in [0.2, 0.25) is 0 Å². The number of benzene rings is 1. The van der Waals surface area contributed by atoms with E-state index in [1.165, 1.54) is 18.2 Å². The van der Waals surface area contributed by atoms with Gasteiger partial charge in [-0.15, -0.1) is 0 Å². The zero-order chi connectivity index (χ0) is 10.7. The van der Waals surface area contributed by atoms with E-state index in [2.05, 4.69) is 0 Å². The summed E-state index contributed by atoms with van der Waals surface area (Å²) in [6, 6.07) is 3.09. The number of carbonyl (C=O) groups is 1. The summed E-state index contributed by atoms with van der Waals surface area (Å²) in [6.45, 7) is 0. The third kappa shape index (κ3) is 2.37. The van der Waals surface area contributed by atoms with Crippen LogP contribution in [-0.4, -0.2) is 27.3 Å². The Balaban J connectivity index is 2.78. The highest BCUT2D eigenvalue weighted by Gasteiger charge is 2.12. The molecule has 0 amide bonds. The minimum absolute atomic E-state index is 0.114. The van der Waals surface area contributed by atoms with Crippen LogP contribution in [0.4, 0.5) is 0 Å². The van der Waals surface area contributed by atoms with Crippen LogP contribution >= 0.6 is 0 Å². The second kappa shape index (κ2) is 3.97. The lowest BCUT2D eigenvalue weighted by Gasteiger charge is -2.06. The fraction of sp³-hybridized carbons (Fsp3) is 0.222. The van der Waals surface area contributed by atoms with Gasteiger partial charge in [0, 0.05) is 0 Å². The summed E-state index contributed by atoms with van der Waals surface area (Å²) in [6.07, 6.45) is 0.114. The Kier molecular flexibility index (Phi) is 2.93. The summed E-state index contributed by atoms with van der Waals surface area (Å²) in [5, 5.41) is 26.6. The van der Waals surface area contributed by atoms with Gasteiger partial charge in [-0.2, -0.15) is 0 Å². The molecule has 0 fully saturated rings. The van der Waals surface area contributed by atoms with Gasteiger partial charge in [0.15, 0.2) is 11.5 Å². The number of phenolic OH excluding ortho intramolecular Hbond substituents is 2. The van der Waals surface area contributed by atoms with E-state index < -0.39 is 12.0 Å². The van der Waals surface area contributed by atoms with Crippen molar-refractivity contribution in [3.8, 4) is 11.5 Å². The van der Waals surface area contributed by atoms with Gasteiger partial charge < -0.3 is 21.1 Å². The molecule has 0 bridgehead atoms. The number of carboxylic acids is 1. The van der Waals surface area contributed by atoms with Crippen LogP contribution in [0.5, 0.6) is 11.5 Å². The van der Waals surface area contributed by atoms with Crippen molar-refractivity contribution in [2.45, 2.75) is 12.5 Å². The van der Waals surface area contributed by atoms with Crippen LogP contribution in [0.3, 0.4) is 0 Å². The molecule has 0 aliphatic heterocycles. The fourth-order valence-corrected chi connectivity index (χ4v) is 1.04. The van der Waals surface area contributed by atoms with Gasteiger partial charge in [-0.3, -0.25) is 4.79 Å². The number of aromatic hydroxyl groups is 2. The van der Waals surface area contributed by atoms with E-state index in [9.17, 15) is 4.79 Å². The van der Waals surface area contributed by atoms with E-state index in [1.807, 2.05) is 0 Å². The predicted molar refractivity (Wildman–Crippen MR) is 49.1 cm³/mol. The molecule has 0 aromatic heterocycles. The molecule has 0 aliphatic carbocycles. The van der Waals surface area contributed by atoms with Gasteiger partial charge >= 0.3 is 5.97 Å². The number of hydrogen-bond donors (Lipinski definition) is 4. The summed E-state index contributed by atoms with van der Waals surface area (Å²) in [5.41, 5.74) is 5.86. The smallest absolute Gasteiger partial charge is 0.320 e. The number of rotatable bonds is 3. The summed E-state index contributed by atoms with van der Waals surface area (Å²) in [5.74, 6) is -1.62. The molecule has 0 unspecified atom stereocenters. The molecule has 0 saturated heterocycles. The number of nitrogens with two attached hydrogens (primary N) is 1. The molecule has 1 atom stereocenters. The first-order valence-electron chi connectivity index (χ1n) is 4.00. The molecule has 76 valence electrons. The van der Waals surface area contributed by atoms with Crippen molar-refractivity contribution >= 4 is 5.97 Å². The number of hydrogen-bond acceptors (Lipinski definition) is 4. The van der Waals surface area contributed by atoms with Crippen molar-refractivity contribution in [3.05, 3.63) is 23.8 Å². The van der Waals surface area contributed by atoms with E-state index in [0.717, 1.165) is 0 Å². The molecule has 0 saturated carbocycles. The molecule has 1 aromatic carbocycles. The van der Waals surface area contributed by atoms with Crippen molar-refractivity contribution in [3.63, 3.8) is 0 Å². The Labute approximate surface area is 80.4 Å². The minimum atomic E-state index is -1.10. The topological polar surface area (TPSA) is 104 Å². The van der Waals surface area contributed by atoms with Crippen LogP contribution < -0.4 is 5.73 Å². The van der Waals surface area contributed by atoms with Crippen molar-refractivity contribution in [2.24, 2.45) is 5.73 Å². The predicted octanol–water partition coefficient (Wildman–Crippen LogP) is 0.0522. The van der Waals surface area contributed by atoms with Gasteiger partial charge in [0.1, 0.15) is 6.04 Å². The number of carboxylic acid groups (broad SMARTS) is 1.